The molecule has 0 aromatic heterocycles. The Balaban J connectivity index is 2.33. The molecule has 0 radical (unpaired) electrons. The fraction of sp³-hybridized carbons (Fsp3) is 0. The summed E-state index contributed by atoms with van der Waals surface area (Å²) in [5.74, 6) is 0. The van der Waals surface area contributed by atoms with Crippen LogP contribution in [0.1, 0.15) is 0 Å². The van der Waals surface area contributed by atoms with Crippen molar-refractivity contribution < 1.29 is 0 Å². The molecule has 0 spiro atoms. The van der Waals surface area contributed by atoms with E-state index in [0.717, 1.165) is 0 Å². The molecule has 2 aromatic rings. The lowest BCUT2D eigenvalue weighted by Crippen LogP contribution is -1.79. The predicted octanol–water partition coefficient (Wildman–Crippen LogP) is 5.59. The summed E-state index contributed by atoms with van der Waals surface area (Å²) in [7, 11) is 4.89. The Hall–Kier alpha value is -0.160. The first kappa shape index (κ1) is 12.3. The summed E-state index contributed by atoms with van der Waals surface area (Å²) in [5, 5.41) is 0. The van der Waals surface area contributed by atoms with Gasteiger partial charge in [-0.15, -0.1) is 0 Å². The highest BCUT2D eigenvalue weighted by Crippen LogP contribution is 2.45. The van der Waals surface area contributed by atoms with Crippen molar-refractivity contribution in [1.82, 2.24) is 0 Å². The van der Waals surface area contributed by atoms with Crippen molar-refractivity contribution in [2.24, 2.45) is 0 Å². The maximum absolute atomic E-state index is 4.13. The summed E-state index contributed by atoms with van der Waals surface area (Å²) < 4.78 is 0. The van der Waals surface area contributed by atoms with Gasteiger partial charge < -0.3 is 0 Å². The molecule has 2 aromatic carbocycles. The first-order chi connectivity index (χ1) is 7.92. The fourth-order valence-electron chi connectivity index (χ4n) is 1.45. The third-order valence-electron chi connectivity index (χ3n) is 2.13. The van der Waals surface area contributed by atoms with Gasteiger partial charge in [-0.25, -0.2) is 0 Å². The van der Waals surface area contributed by atoms with Gasteiger partial charge in [-0.2, -0.15) is 0 Å². The van der Waals surface area contributed by atoms with Crippen LogP contribution >= 0.6 is 42.1 Å². The molecule has 0 aliphatic heterocycles. The van der Waals surface area contributed by atoms with Crippen molar-refractivity contribution in [1.29, 1.82) is 0 Å². The Kier molecular flexibility index (Phi) is 5.03. The zero-order valence-corrected chi connectivity index (χ0v) is 11.7. The van der Waals surface area contributed by atoms with E-state index in [1.165, 1.54) is 25.8 Å². The summed E-state index contributed by atoms with van der Waals surface area (Å²) in [6.45, 7) is 0. The molecule has 0 aliphatic rings. The van der Waals surface area contributed by atoms with E-state index in [4.69, 9.17) is 0 Å². The molecule has 0 saturated carbocycles. The zero-order chi connectivity index (χ0) is 11.2. The van der Waals surface area contributed by atoms with E-state index in [-0.39, 0.29) is 0 Å². The van der Waals surface area contributed by atoms with Crippen molar-refractivity contribution in [3.05, 3.63) is 54.6 Å². The molecule has 0 bridgehead atoms. The van der Waals surface area contributed by atoms with E-state index >= 15 is 0 Å². The van der Waals surface area contributed by atoms with E-state index < -0.39 is 0 Å². The molecule has 2 rings (SSSR count). The maximum atomic E-state index is 4.13. The van der Waals surface area contributed by atoms with Crippen molar-refractivity contribution in [2.45, 2.75) is 4.90 Å². The second kappa shape index (κ2) is 6.55. The lowest BCUT2D eigenvalue weighted by molar-refractivity contribution is 1.45. The molecule has 0 atom stereocenters. The molecule has 0 N–H and O–H groups in total. The SMILES string of the molecule is SSSSc1ccccc1-c1ccccc1. The molecule has 0 fully saturated rings. The van der Waals surface area contributed by atoms with Gasteiger partial charge in [-0.1, -0.05) is 60.2 Å². The van der Waals surface area contributed by atoms with Crippen molar-refractivity contribution in [3.8, 4) is 11.1 Å². The van der Waals surface area contributed by atoms with Gasteiger partial charge in [0.05, 0.1) is 0 Å². The molecule has 0 nitrogen and oxygen atoms in total. The molecular weight excluding hydrogens is 272 g/mol. The molecule has 4 heteroatoms. The van der Waals surface area contributed by atoms with Crippen LogP contribution < -0.4 is 0 Å². The highest BCUT2D eigenvalue weighted by molar-refractivity contribution is 9.23. The second-order valence-corrected chi connectivity index (χ2v) is 7.90. The Labute approximate surface area is 112 Å². The Morgan fingerprint density at radius 1 is 0.812 bits per heavy atom. The molecule has 0 heterocycles. The number of hydrogen-bond acceptors (Lipinski definition) is 4. The fourth-order valence-corrected chi connectivity index (χ4v) is 4.46. The van der Waals surface area contributed by atoms with Crippen LogP contribution in [0.5, 0.6) is 0 Å². The van der Waals surface area contributed by atoms with E-state index in [1.54, 1.807) is 20.6 Å². The predicted molar refractivity (Wildman–Crippen MR) is 81.9 cm³/mol. The van der Waals surface area contributed by atoms with Crippen LogP contribution in [-0.4, -0.2) is 0 Å². The first-order valence-corrected chi connectivity index (χ1v) is 9.24. The van der Waals surface area contributed by atoms with Crippen molar-refractivity contribution >= 4 is 42.1 Å². The monoisotopic (exact) mass is 282 g/mol. The van der Waals surface area contributed by atoms with E-state index in [1.807, 2.05) is 6.07 Å². The first-order valence-electron chi connectivity index (χ1n) is 4.71. The van der Waals surface area contributed by atoms with Crippen molar-refractivity contribution in [2.75, 3.05) is 0 Å². The lowest BCUT2D eigenvalue weighted by atomic mass is 10.1. The summed E-state index contributed by atoms with van der Waals surface area (Å²) in [6, 6.07) is 18.9. The highest BCUT2D eigenvalue weighted by atomic mass is 33.7. The second-order valence-electron chi connectivity index (χ2n) is 3.09. The summed E-state index contributed by atoms with van der Waals surface area (Å²) in [5.41, 5.74) is 2.54. The average molecular weight is 282 g/mol. The number of rotatable bonds is 4. The van der Waals surface area contributed by atoms with Gasteiger partial charge >= 0.3 is 0 Å². The van der Waals surface area contributed by atoms with Gasteiger partial charge in [0.25, 0.3) is 0 Å². The smallest absolute Gasteiger partial charge is 0.0269 e. The molecule has 0 unspecified atom stereocenters. The van der Waals surface area contributed by atoms with Crippen molar-refractivity contribution in [3.63, 3.8) is 0 Å². The van der Waals surface area contributed by atoms with Gasteiger partial charge in [-0.3, -0.25) is 0 Å². The third-order valence-corrected chi connectivity index (χ3v) is 6.52. The van der Waals surface area contributed by atoms with Crippen LogP contribution in [0.3, 0.4) is 0 Å². The molecule has 0 amide bonds. The van der Waals surface area contributed by atoms with Crippen LogP contribution in [-0.2, 0) is 0 Å². The van der Waals surface area contributed by atoms with Crippen LogP contribution in [0.4, 0.5) is 0 Å². The van der Waals surface area contributed by atoms with Crippen LogP contribution in [0.25, 0.3) is 11.1 Å². The van der Waals surface area contributed by atoms with Gasteiger partial charge in [0, 0.05) is 4.90 Å². The standard InChI is InChI=1S/C12H10S4/c13-15-16-14-12-9-5-4-8-11(12)10-6-2-1-3-7-10/h1-9,13H. The van der Waals surface area contributed by atoms with E-state index in [0.29, 0.717) is 0 Å². The minimum atomic E-state index is 1.26. The largest absolute Gasteiger partial charge is 0.0989 e. The minimum absolute atomic E-state index is 1.26. The molecular formula is C12H10S4. The van der Waals surface area contributed by atoms with E-state index in [2.05, 4.69) is 60.2 Å². The van der Waals surface area contributed by atoms with E-state index in [9.17, 15) is 0 Å². The normalized spacial score (nSPS) is 10.3. The third kappa shape index (κ3) is 3.17. The molecule has 0 aliphatic carbocycles. The Morgan fingerprint density at radius 2 is 1.50 bits per heavy atom. The zero-order valence-electron chi connectivity index (χ0n) is 8.37. The number of benzene rings is 2. The summed E-state index contributed by atoms with van der Waals surface area (Å²) in [4.78, 5) is 1.28. The average Bonchev–Trinajstić information content (AvgIpc) is 2.38. The number of thiol groups is 1. The minimum Gasteiger partial charge on any atom is -0.0989 e. The van der Waals surface area contributed by atoms with Gasteiger partial charge in [0.1, 0.15) is 0 Å². The Morgan fingerprint density at radius 3 is 2.25 bits per heavy atom. The van der Waals surface area contributed by atoms with Gasteiger partial charge in [0.15, 0.2) is 0 Å². The summed E-state index contributed by atoms with van der Waals surface area (Å²) in [6.07, 6.45) is 0. The molecule has 82 valence electrons. The Bertz CT molecular complexity index is 442. The summed E-state index contributed by atoms with van der Waals surface area (Å²) >= 11 is 4.13. The molecule has 0 saturated heterocycles. The topological polar surface area (TPSA) is 0 Å². The van der Waals surface area contributed by atoms with Gasteiger partial charge in [0.2, 0.25) is 0 Å². The van der Waals surface area contributed by atoms with Crippen LogP contribution in [0, 0.1) is 0 Å². The maximum Gasteiger partial charge on any atom is 0.0269 e. The van der Waals surface area contributed by atoms with Crippen LogP contribution in [0.2, 0.25) is 0 Å². The number of hydrogen-bond donors (Lipinski definition) is 1. The van der Waals surface area contributed by atoms with Crippen LogP contribution in [0.15, 0.2) is 59.5 Å². The highest BCUT2D eigenvalue weighted by Gasteiger charge is 2.04. The molecule has 16 heavy (non-hydrogen) atoms. The quantitative estimate of drug-likeness (QED) is 0.574. The van der Waals surface area contributed by atoms with Gasteiger partial charge in [-0.05, 0) is 47.6 Å². The lowest BCUT2D eigenvalue weighted by Gasteiger charge is -2.07.